The van der Waals surface area contributed by atoms with Crippen LogP contribution in [0.1, 0.15) is 49.4 Å². The van der Waals surface area contributed by atoms with Crippen LogP contribution in [0.25, 0.3) is 0 Å². The first-order valence-electron chi connectivity index (χ1n) is 14.2. The number of fused-ring (bicyclic) bond motifs is 1. The number of benzene rings is 2. The van der Waals surface area contributed by atoms with Crippen molar-refractivity contribution in [3.8, 4) is 5.75 Å². The second-order valence-corrected chi connectivity index (χ2v) is 7.88. The van der Waals surface area contributed by atoms with E-state index in [1.54, 1.807) is 17.4 Å². The first kappa shape index (κ1) is 15.6. The SMILES string of the molecule is [2H]C1([2H])c2c(OCc3cccc(CN4CCOCC4)c3F)cccc2C(=O)N1C1([2H])C(=O)NC(=O)C([2H])([2H])C1([2H])[2H]. The molecule has 3 aliphatic rings. The van der Waals surface area contributed by atoms with Crippen molar-refractivity contribution < 1.29 is 37.8 Å². The zero-order valence-electron chi connectivity index (χ0n) is 25.0. The smallest absolute Gasteiger partial charge is 0.255 e. The van der Waals surface area contributed by atoms with E-state index < -0.39 is 54.4 Å². The Morgan fingerprint density at radius 2 is 1.91 bits per heavy atom. The van der Waals surface area contributed by atoms with Gasteiger partial charge in [0.15, 0.2) is 0 Å². The summed E-state index contributed by atoms with van der Waals surface area (Å²) in [6.07, 6.45) is -7.12. The molecule has 2 aromatic rings. The van der Waals surface area contributed by atoms with Crippen LogP contribution in [-0.2, 0) is 34.0 Å². The number of carbonyl (C=O) groups excluding carboxylic acids is 3. The Bertz CT molecular complexity index is 1440. The van der Waals surface area contributed by atoms with Crippen molar-refractivity contribution >= 4 is 17.7 Å². The van der Waals surface area contributed by atoms with E-state index in [-0.39, 0.29) is 28.4 Å². The van der Waals surface area contributed by atoms with Gasteiger partial charge in [0, 0.05) is 53.7 Å². The highest BCUT2D eigenvalue weighted by atomic mass is 19.1. The molecule has 2 aromatic carbocycles. The highest BCUT2D eigenvalue weighted by Gasteiger charge is 2.40. The Kier molecular flexibility index (Phi) is 4.36. The first-order valence-corrected chi connectivity index (χ1v) is 10.7. The summed E-state index contributed by atoms with van der Waals surface area (Å²) in [4.78, 5) is 40.4. The molecule has 9 heteroatoms. The van der Waals surface area contributed by atoms with Gasteiger partial charge in [-0.05, 0) is 18.5 Å². The standard InChI is InChI=1S/C25H26FN3O5/c26-23-16(13-28-9-11-33-12-10-28)3-1-4-17(23)15-34-21-6-2-5-18-19(21)14-29(25(18)32)20-7-8-22(30)27-24(20)31/h1-6,20H,7-15H2,(H,27,30,31)/i7D2,8D2,14D2,20D. The molecular weight excluding hydrogens is 441 g/mol. The molecule has 0 saturated carbocycles. The van der Waals surface area contributed by atoms with E-state index in [0.29, 0.717) is 38.4 Å². The minimum Gasteiger partial charge on any atom is -0.488 e. The molecule has 34 heavy (non-hydrogen) atoms. The molecule has 1 atom stereocenters. The Labute approximate surface area is 206 Å². The monoisotopic (exact) mass is 474 g/mol. The lowest BCUT2D eigenvalue weighted by atomic mass is 10.0. The fraction of sp³-hybridized carbons (Fsp3) is 0.400. The van der Waals surface area contributed by atoms with Gasteiger partial charge in [-0.25, -0.2) is 4.39 Å². The number of nitrogens with one attached hydrogen (secondary N) is 1. The van der Waals surface area contributed by atoms with Crippen LogP contribution in [0.2, 0.25) is 0 Å². The summed E-state index contributed by atoms with van der Waals surface area (Å²) in [5.41, 5.74) is -0.223. The number of nitrogens with zero attached hydrogens (tertiary/aromatic N) is 2. The van der Waals surface area contributed by atoms with Crippen molar-refractivity contribution in [2.45, 2.75) is 38.4 Å². The molecule has 0 aromatic heterocycles. The number of rotatable bonds is 6. The third-order valence-corrected chi connectivity index (χ3v) is 5.68. The van der Waals surface area contributed by atoms with Gasteiger partial charge < -0.3 is 14.4 Å². The summed E-state index contributed by atoms with van der Waals surface area (Å²) in [5.74, 6) is -5.37. The van der Waals surface area contributed by atoms with Crippen LogP contribution in [0.4, 0.5) is 4.39 Å². The van der Waals surface area contributed by atoms with Crippen LogP contribution in [-0.4, -0.2) is 59.8 Å². The molecule has 3 heterocycles. The van der Waals surface area contributed by atoms with Crippen LogP contribution >= 0.6 is 0 Å². The molecule has 5 rings (SSSR count). The third kappa shape index (κ3) is 4.41. The fourth-order valence-corrected chi connectivity index (χ4v) is 3.93. The Morgan fingerprint density at radius 3 is 2.74 bits per heavy atom. The lowest BCUT2D eigenvalue weighted by Crippen LogP contribution is -2.52. The van der Waals surface area contributed by atoms with Crippen molar-refractivity contribution in [1.82, 2.24) is 15.1 Å². The summed E-state index contributed by atoms with van der Waals surface area (Å²) in [5, 5.41) is 1.56. The topological polar surface area (TPSA) is 88.2 Å². The number of morpholine rings is 1. The molecule has 8 nitrogen and oxygen atoms in total. The van der Waals surface area contributed by atoms with Crippen LogP contribution in [0.5, 0.6) is 5.75 Å². The number of amides is 3. The minimum absolute atomic E-state index is 0.0132. The third-order valence-electron chi connectivity index (χ3n) is 5.68. The Morgan fingerprint density at radius 1 is 1.15 bits per heavy atom. The number of piperidine rings is 1. The summed E-state index contributed by atoms with van der Waals surface area (Å²) >= 11 is 0. The summed E-state index contributed by atoms with van der Waals surface area (Å²) < 4.78 is 84.9. The zero-order chi connectivity index (χ0) is 30.0. The van der Waals surface area contributed by atoms with Gasteiger partial charge in [0.2, 0.25) is 11.8 Å². The molecule has 2 saturated heterocycles. The predicted molar refractivity (Wildman–Crippen MR) is 119 cm³/mol. The summed E-state index contributed by atoms with van der Waals surface area (Å²) in [6, 6.07) is 5.09. The number of halogens is 1. The van der Waals surface area contributed by atoms with E-state index in [4.69, 9.17) is 19.1 Å². The van der Waals surface area contributed by atoms with Crippen LogP contribution in [0.15, 0.2) is 36.4 Å². The average molecular weight is 475 g/mol. The Hall–Kier alpha value is -3.30. The van der Waals surface area contributed by atoms with Crippen molar-refractivity contribution in [2.24, 2.45) is 0 Å². The summed E-state index contributed by atoms with van der Waals surface area (Å²) in [7, 11) is 0. The maximum atomic E-state index is 15.4. The lowest BCUT2D eigenvalue weighted by Gasteiger charge is -2.29. The minimum atomic E-state index is -3.66. The van der Waals surface area contributed by atoms with E-state index in [9.17, 15) is 14.4 Å². The first-order chi connectivity index (χ1) is 19.2. The van der Waals surface area contributed by atoms with Gasteiger partial charge in [-0.2, -0.15) is 0 Å². The van der Waals surface area contributed by atoms with E-state index in [1.165, 1.54) is 24.3 Å². The fourth-order valence-electron chi connectivity index (χ4n) is 3.93. The largest absolute Gasteiger partial charge is 0.488 e. The molecule has 2 fully saturated rings. The van der Waals surface area contributed by atoms with E-state index >= 15 is 4.39 Å². The molecule has 1 unspecified atom stereocenters. The average Bonchev–Trinajstić information content (AvgIpc) is 3.13. The van der Waals surface area contributed by atoms with Gasteiger partial charge in [-0.3, -0.25) is 24.6 Å². The molecule has 0 radical (unpaired) electrons. The van der Waals surface area contributed by atoms with E-state index in [1.807, 2.05) is 4.90 Å². The molecule has 1 N–H and O–H groups in total. The van der Waals surface area contributed by atoms with Crippen molar-refractivity contribution in [3.05, 3.63) is 64.5 Å². The number of hydrogen-bond acceptors (Lipinski definition) is 6. The second kappa shape index (κ2) is 9.52. The van der Waals surface area contributed by atoms with Gasteiger partial charge in [0.05, 0.1) is 23.8 Å². The van der Waals surface area contributed by atoms with Gasteiger partial charge in [0.1, 0.15) is 24.2 Å². The molecule has 0 spiro atoms. The molecule has 3 aliphatic heterocycles. The number of ether oxygens (including phenoxy) is 2. The zero-order valence-corrected chi connectivity index (χ0v) is 18.0. The van der Waals surface area contributed by atoms with E-state index in [2.05, 4.69) is 0 Å². The highest BCUT2D eigenvalue weighted by Crippen LogP contribution is 2.34. The highest BCUT2D eigenvalue weighted by molar-refractivity contribution is 6.05. The van der Waals surface area contributed by atoms with Crippen LogP contribution < -0.4 is 10.1 Å². The molecule has 3 amide bonds. The predicted octanol–water partition coefficient (Wildman–Crippen LogP) is 2.00. The van der Waals surface area contributed by atoms with Gasteiger partial charge in [-0.1, -0.05) is 24.3 Å². The summed E-state index contributed by atoms with van der Waals surface area (Å²) in [6.45, 7) is -0.688. The number of carbonyl (C=O) groups is 3. The number of imide groups is 1. The lowest BCUT2D eigenvalue weighted by molar-refractivity contribution is -0.136. The number of hydrogen-bond donors (Lipinski definition) is 1. The second-order valence-electron chi connectivity index (χ2n) is 7.88. The Balaban J connectivity index is 1.46. The van der Waals surface area contributed by atoms with Crippen LogP contribution in [0, 0.1) is 5.82 Å². The van der Waals surface area contributed by atoms with Gasteiger partial charge in [-0.15, -0.1) is 0 Å². The normalized spacial score (nSPS) is 30.6. The van der Waals surface area contributed by atoms with Gasteiger partial charge in [0.25, 0.3) is 5.91 Å². The molecular formula is C25H26FN3O5. The molecule has 0 bridgehead atoms. The maximum absolute atomic E-state index is 15.4. The van der Waals surface area contributed by atoms with Crippen molar-refractivity contribution in [1.29, 1.82) is 0 Å². The van der Waals surface area contributed by atoms with Crippen molar-refractivity contribution in [2.75, 3.05) is 26.3 Å². The van der Waals surface area contributed by atoms with E-state index in [0.717, 1.165) is 0 Å². The quantitative estimate of drug-likeness (QED) is 0.645. The van der Waals surface area contributed by atoms with Gasteiger partial charge >= 0.3 is 0 Å². The maximum Gasteiger partial charge on any atom is 0.255 e. The molecule has 0 aliphatic carbocycles. The van der Waals surface area contributed by atoms with Crippen molar-refractivity contribution in [3.63, 3.8) is 0 Å². The van der Waals surface area contributed by atoms with Crippen LogP contribution in [0.3, 0.4) is 0 Å². The molecule has 178 valence electrons.